The van der Waals surface area contributed by atoms with E-state index in [1.54, 1.807) is 36.4 Å². The van der Waals surface area contributed by atoms with Crippen molar-refractivity contribution in [3.63, 3.8) is 0 Å². The first-order valence-electron chi connectivity index (χ1n) is 11.6. The molecule has 10 nitrogen and oxygen atoms in total. The quantitative estimate of drug-likeness (QED) is 0.298. The third-order valence-corrected chi connectivity index (χ3v) is 6.92. The molecule has 6 N–H and O–H groups in total. The van der Waals surface area contributed by atoms with E-state index < -0.39 is 36.5 Å². The fourth-order valence-electron chi connectivity index (χ4n) is 4.13. The summed E-state index contributed by atoms with van der Waals surface area (Å²) in [5, 5.41) is 5.50. The summed E-state index contributed by atoms with van der Waals surface area (Å²) in [5.74, 6) is -0.813. The van der Waals surface area contributed by atoms with E-state index in [2.05, 4.69) is 10.6 Å². The van der Waals surface area contributed by atoms with Crippen molar-refractivity contribution in [3.05, 3.63) is 76.2 Å². The van der Waals surface area contributed by atoms with E-state index >= 15 is 0 Å². The van der Waals surface area contributed by atoms with Crippen LogP contribution in [0.15, 0.2) is 54.6 Å². The number of esters is 1. The summed E-state index contributed by atoms with van der Waals surface area (Å²) < 4.78 is 10.9. The highest BCUT2D eigenvalue weighted by Crippen LogP contribution is 2.38. The molecule has 0 bridgehead atoms. The van der Waals surface area contributed by atoms with Crippen molar-refractivity contribution in [3.8, 4) is 11.5 Å². The van der Waals surface area contributed by atoms with Gasteiger partial charge in [-0.15, -0.1) is 11.3 Å². The maximum absolute atomic E-state index is 12.5. The number of primary amides is 2. The predicted molar refractivity (Wildman–Crippen MR) is 137 cm³/mol. The molecule has 0 aliphatic heterocycles. The molecule has 4 amide bonds. The van der Waals surface area contributed by atoms with E-state index in [0.29, 0.717) is 27.6 Å². The number of rotatable bonds is 10. The predicted octanol–water partition coefficient (Wildman–Crippen LogP) is 3.41. The van der Waals surface area contributed by atoms with Gasteiger partial charge in [0.15, 0.2) is 6.61 Å². The molecule has 2 aromatic carbocycles. The number of benzene rings is 2. The van der Waals surface area contributed by atoms with Gasteiger partial charge in [-0.2, -0.15) is 0 Å². The molecule has 0 saturated carbocycles. The van der Waals surface area contributed by atoms with Crippen LogP contribution in [-0.2, 0) is 27.2 Å². The Bertz CT molecular complexity index is 1320. The second kappa shape index (κ2) is 11.6. The number of para-hydroxylation sites is 1. The van der Waals surface area contributed by atoms with Gasteiger partial charge in [-0.1, -0.05) is 30.3 Å². The summed E-state index contributed by atoms with van der Waals surface area (Å²) >= 11 is 1.31. The first-order valence-corrected chi connectivity index (χ1v) is 12.4. The Kier molecular flexibility index (Phi) is 8.04. The van der Waals surface area contributed by atoms with E-state index in [4.69, 9.17) is 20.9 Å². The third-order valence-electron chi connectivity index (χ3n) is 5.71. The van der Waals surface area contributed by atoms with E-state index in [9.17, 15) is 19.2 Å². The molecular formula is C26H26N4O6S. The number of hydrogen-bond acceptors (Lipinski definition) is 7. The van der Waals surface area contributed by atoms with Crippen LogP contribution >= 0.6 is 11.3 Å². The van der Waals surface area contributed by atoms with Crippen LogP contribution in [0, 0.1) is 0 Å². The molecule has 4 rings (SSSR count). The van der Waals surface area contributed by atoms with Crippen LogP contribution in [0.25, 0.3) is 0 Å². The monoisotopic (exact) mass is 522 g/mol. The number of carbonyl (C=O) groups excluding carboxylic acids is 4. The fourth-order valence-corrected chi connectivity index (χ4v) is 5.44. The van der Waals surface area contributed by atoms with Crippen molar-refractivity contribution < 1.29 is 28.7 Å². The molecule has 1 aliphatic carbocycles. The Balaban J connectivity index is 1.37. The number of ether oxygens (including phenoxy) is 2. The molecule has 1 aliphatic rings. The molecule has 0 spiro atoms. The van der Waals surface area contributed by atoms with Crippen molar-refractivity contribution in [2.75, 3.05) is 11.9 Å². The van der Waals surface area contributed by atoms with E-state index in [1.807, 2.05) is 18.2 Å². The van der Waals surface area contributed by atoms with E-state index in [0.717, 1.165) is 29.7 Å². The van der Waals surface area contributed by atoms with Gasteiger partial charge in [-0.3, -0.25) is 14.4 Å². The van der Waals surface area contributed by atoms with Crippen molar-refractivity contribution >= 4 is 40.2 Å². The summed E-state index contributed by atoms with van der Waals surface area (Å²) in [7, 11) is 0. The largest absolute Gasteiger partial charge is 0.457 e. The minimum absolute atomic E-state index is 0.273. The van der Waals surface area contributed by atoms with Crippen molar-refractivity contribution in [2.45, 2.75) is 31.7 Å². The maximum Gasteiger partial charge on any atom is 0.312 e. The lowest BCUT2D eigenvalue weighted by Crippen LogP contribution is -2.35. The molecule has 0 saturated heterocycles. The van der Waals surface area contributed by atoms with Gasteiger partial charge in [0.2, 0.25) is 0 Å². The Morgan fingerprint density at radius 2 is 1.73 bits per heavy atom. The normalized spacial score (nSPS) is 12.8. The molecule has 11 heteroatoms. The topological polar surface area (TPSA) is 163 Å². The highest BCUT2D eigenvalue weighted by atomic mass is 32.1. The average Bonchev–Trinajstić information content (AvgIpc) is 3.43. The molecule has 1 heterocycles. The number of nitrogens with one attached hydrogen (secondary N) is 2. The lowest BCUT2D eigenvalue weighted by molar-refractivity contribution is -0.147. The van der Waals surface area contributed by atoms with Gasteiger partial charge < -0.3 is 31.6 Å². The van der Waals surface area contributed by atoms with Crippen LogP contribution in [0.2, 0.25) is 0 Å². The van der Waals surface area contributed by atoms with Crippen molar-refractivity contribution in [2.24, 2.45) is 11.5 Å². The summed E-state index contributed by atoms with van der Waals surface area (Å²) in [6.45, 7) is -0.569. The fraction of sp³-hybridized carbons (Fsp3) is 0.231. The number of fused-ring (bicyclic) bond motifs is 1. The Morgan fingerprint density at radius 3 is 2.46 bits per heavy atom. The highest BCUT2D eigenvalue weighted by molar-refractivity contribution is 7.17. The van der Waals surface area contributed by atoms with Crippen LogP contribution in [0.1, 0.15) is 45.2 Å². The van der Waals surface area contributed by atoms with E-state index in [-0.39, 0.29) is 6.42 Å². The van der Waals surface area contributed by atoms with Crippen LogP contribution < -0.4 is 26.8 Å². The molecule has 0 unspecified atom stereocenters. The Hall–Kier alpha value is -4.38. The number of aryl methyl sites for hydroxylation is 1. The number of amides is 4. The number of thiophene rings is 1. The molecular weight excluding hydrogens is 496 g/mol. The smallest absolute Gasteiger partial charge is 0.312 e. The highest BCUT2D eigenvalue weighted by Gasteiger charge is 2.26. The van der Waals surface area contributed by atoms with Gasteiger partial charge in [0.05, 0.1) is 18.0 Å². The van der Waals surface area contributed by atoms with Crippen molar-refractivity contribution in [1.29, 1.82) is 0 Å². The molecule has 0 radical (unpaired) electrons. The van der Waals surface area contributed by atoms with Gasteiger partial charge in [0, 0.05) is 4.88 Å². The zero-order valence-electron chi connectivity index (χ0n) is 19.8. The molecule has 3 aromatic rings. The Morgan fingerprint density at radius 1 is 0.973 bits per heavy atom. The zero-order valence-corrected chi connectivity index (χ0v) is 20.6. The summed E-state index contributed by atoms with van der Waals surface area (Å²) in [6.07, 6.45) is 2.23. The summed E-state index contributed by atoms with van der Waals surface area (Å²) in [5.41, 5.74) is 12.6. The molecule has 1 atom stereocenters. The second-order valence-electron chi connectivity index (χ2n) is 8.39. The first kappa shape index (κ1) is 25.7. The van der Waals surface area contributed by atoms with Gasteiger partial charge in [-0.25, -0.2) is 4.79 Å². The number of anilines is 1. The van der Waals surface area contributed by atoms with Gasteiger partial charge in [-0.05, 0) is 54.7 Å². The van der Waals surface area contributed by atoms with E-state index in [1.165, 1.54) is 11.3 Å². The third kappa shape index (κ3) is 6.64. The first-order chi connectivity index (χ1) is 17.8. The number of carbonyl (C=O) groups is 4. The van der Waals surface area contributed by atoms with Crippen LogP contribution in [-0.4, -0.2) is 30.4 Å². The Labute approximate surface area is 216 Å². The molecule has 0 fully saturated rings. The van der Waals surface area contributed by atoms with Gasteiger partial charge >= 0.3 is 12.0 Å². The SMILES string of the molecule is NC(=O)N[C@H](CC(=O)OCC(=O)Nc1sc2c(c1C(N)=O)CCC2)c1cccc(Oc2ccccc2)c1. The summed E-state index contributed by atoms with van der Waals surface area (Å²) in [4.78, 5) is 49.5. The van der Waals surface area contributed by atoms with Gasteiger partial charge in [0.1, 0.15) is 16.5 Å². The van der Waals surface area contributed by atoms with Gasteiger partial charge in [0.25, 0.3) is 11.8 Å². The van der Waals surface area contributed by atoms with Crippen LogP contribution in [0.5, 0.6) is 11.5 Å². The number of nitrogens with two attached hydrogens (primary N) is 2. The van der Waals surface area contributed by atoms with Crippen LogP contribution in [0.3, 0.4) is 0 Å². The lowest BCUT2D eigenvalue weighted by Gasteiger charge is -2.18. The second-order valence-corrected chi connectivity index (χ2v) is 9.49. The summed E-state index contributed by atoms with van der Waals surface area (Å²) in [6, 6.07) is 14.3. The molecule has 37 heavy (non-hydrogen) atoms. The minimum atomic E-state index is -0.824. The number of urea groups is 1. The minimum Gasteiger partial charge on any atom is -0.457 e. The van der Waals surface area contributed by atoms with Crippen molar-refractivity contribution in [1.82, 2.24) is 5.32 Å². The zero-order chi connectivity index (χ0) is 26.4. The molecule has 192 valence electrons. The number of hydrogen-bond donors (Lipinski definition) is 4. The lowest BCUT2D eigenvalue weighted by atomic mass is 10.0. The average molecular weight is 523 g/mol. The maximum atomic E-state index is 12.5. The van der Waals surface area contributed by atoms with Crippen LogP contribution in [0.4, 0.5) is 9.80 Å². The standard InChI is InChI=1S/C26H26N4O6S/c27-24(33)23-18-10-5-11-20(18)37-25(23)30-21(31)14-35-22(32)13-19(29-26(28)34)15-6-4-9-17(12-15)36-16-7-2-1-3-8-16/h1-4,6-9,12,19H,5,10-11,13-14H2,(H2,27,33)(H,30,31)(H3,28,29,34)/t19-/m1/s1. The molecule has 1 aromatic heterocycles.